The smallest absolute Gasteiger partial charge is 0.339 e. The molecule has 7 heteroatoms. The summed E-state index contributed by atoms with van der Waals surface area (Å²) in [6, 6.07) is 14.8. The van der Waals surface area contributed by atoms with Crippen molar-refractivity contribution in [3.63, 3.8) is 0 Å². The molecule has 1 heterocycles. The van der Waals surface area contributed by atoms with Crippen LogP contribution in [0.25, 0.3) is 0 Å². The number of thioether (sulfide) groups is 1. The monoisotopic (exact) mass is 433 g/mol. The van der Waals surface area contributed by atoms with Gasteiger partial charge in [0.1, 0.15) is 0 Å². The topological polar surface area (TPSA) is 64.6 Å². The number of ether oxygens (including phenoxy) is 2. The van der Waals surface area contributed by atoms with Crippen LogP contribution in [0.5, 0.6) is 0 Å². The molecule has 2 aromatic carbocycles. The number of hydrogen-bond acceptors (Lipinski definition) is 5. The highest BCUT2D eigenvalue weighted by molar-refractivity contribution is 7.99. The predicted molar refractivity (Wildman–Crippen MR) is 115 cm³/mol. The molecule has 1 aliphatic heterocycles. The first-order valence-electron chi connectivity index (χ1n) is 9.63. The van der Waals surface area contributed by atoms with Crippen molar-refractivity contribution in [3.05, 3.63) is 64.7 Å². The largest absolute Gasteiger partial charge is 0.452 e. The highest BCUT2D eigenvalue weighted by Gasteiger charge is 2.19. The van der Waals surface area contributed by atoms with Crippen LogP contribution < -0.4 is 5.32 Å². The molecule has 1 aliphatic rings. The van der Waals surface area contributed by atoms with Crippen molar-refractivity contribution in [1.82, 2.24) is 5.32 Å². The lowest BCUT2D eigenvalue weighted by atomic mass is 10.1. The molecular formula is C22H24ClNO4S. The number of nitrogens with one attached hydrogen (secondary N) is 1. The van der Waals surface area contributed by atoms with E-state index < -0.39 is 5.97 Å². The molecule has 0 spiro atoms. The van der Waals surface area contributed by atoms with E-state index in [0.29, 0.717) is 23.6 Å². The molecule has 1 unspecified atom stereocenters. The Bertz CT molecular complexity index is 822. The van der Waals surface area contributed by atoms with Gasteiger partial charge in [0.05, 0.1) is 11.7 Å². The Morgan fingerprint density at radius 2 is 1.97 bits per heavy atom. The Kier molecular flexibility index (Phi) is 8.40. The SMILES string of the molecule is O=C(COC(=O)c1ccccc1SCC1CCCO1)NCCc1ccc(Cl)cc1. The summed E-state index contributed by atoms with van der Waals surface area (Å²) >= 11 is 7.44. The van der Waals surface area contributed by atoms with Crippen LogP contribution in [0.3, 0.4) is 0 Å². The number of carbonyl (C=O) groups excluding carboxylic acids is 2. The van der Waals surface area contributed by atoms with Crippen molar-refractivity contribution in [2.45, 2.75) is 30.3 Å². The zero-order valence-electron chi connectivity index (χ0n) is 16.1. The first kappa shape index (κ1) is 21.7. The fraction of sp³-hybridized carbons (Fsp3) is 0.364. The third-order valence-corrected chi connectivity index (χ3v) is 6.00. The second-order valence-corrected chi connectivity index (χ2v) is 8.24. The third-order valence-electron chi connectivity index (χ3n) is 4.54. The summed E-state index contributed by atoms with van der Waals surface area (Å²) in [7, 11) is 0. The first-order valence-corrected chi connectivity index (χ1v) is 11.0. The van der Waals surface area contributed by atoms with Crippen LogP contribution in [-0.4, -0.2) is 43.5 Å². The number of benzene rings is 2. The molecule has 1 N–H and O–H groups in total. The van der Waals surface area contributed by atoms with Gasteiger partial charge in [-0.3, -0.25) is 4.79 Å². The van der Waals surface area contributed by atoms with Gasteiger partial charge in [-0.05, 0) is 49.1 Å². The molecule has 1 atom stereocenters. The number of amides is 1. The van der Waals surface area contributed by atoms with E-state index in [-0.39, 0.29) is 18.6 Å². The maximum absolute atomic E-state index is 12.4. The van der Waals surface area contributed by atoms with Gasteiger partial charge in [0.25, 0.3) is 5.91 Å². The fourth-order valence-electron chi connectivity index (χ4n) is 2.98. The molecule has 154 valence electrons. The minimum atomic E-state index is -0.492. The first-order chi connectivity index (χ1) is 14.1. The highest BCUT2D eigenvalue weighted by atomic mass is 35.5. The van der Waals surface area contributed by atoms with Crippen LogP contribution in [0.2, 0.25) is 5.02 Å². The van der Waals surface area contributed by atoms with Crippen molar-refractivity contribution < 1.29 is 19.1 Å². The quantitative estimate of drug-likeness (QED) is 0.476. The Morgan fingerprint density at radius 1 is 1.17 bits per heavy atom. The Labute approximate surface area is 180 Å². The Morgan fingerprint density at radius 3 is 2.72 bits per heavy atom. The molecule has 3 rings (SSSR count). The Hall–Kier alpha value is -2.02. The van der Waals surface area contributed by atoms with E-state index in [1.165, 1.54) is 0 Å². The number of rotatable bonds is 9. The van der Waals surface area contributed by atoms with Crippen LogP contribution in [-0.2, 0) is 20.7 Å². The summed E-state index contributed by atoms with van der Waals surface area (Å²) in [5.74, 6) is -0.0137. The molecule has 0 saturated carbocycles. The summed E-state index contributed by atoms with van der Waals surface area (Å²) in [6.45, 7) is 0.970. The van der Waals surface area contributed by atoms with E-state index in [0.717, 1.165) is 35.7 Å². The van der Waals surface area contributed by atoms with E-state index in [1.807, 2.05) is 36.4 Å². The van der Waals surface area contributed by atoms with Crippen molar-refractivity contribution in [1.29, 1.82) is 0 Å². The van der Waals surface area contributed by atoms with Gasteiger partial charge in [0, 0.05) is 28.8 Å². The maximum atomic E-state index is 12.4. The molecular weight excluding hydrogens is 410 g/mol. The van der Waals surface area contributed by atoms with Crippen LogP contribution >= 0.6 is 23.4 Å². The fourth-order valence-corrected chi connectivity index (χ4v) is 4.21. The second-order valence-electron chi connectivity index (χ2n) is 6.74. The summed E-state index contributed by atoms with van der Waals surface area (Å²) in [4.78, 5) is 25.3. The molecule has 0 aromatic heterocycles. The number of carbonyl (C=O) groups is 2. The lowest BCUT2D eigenvalue weighted by Gasteiger charge is -2.12. The molecule has 5 nitrogen and oxygen atoms in total. The van der Waals surface area contributed by atoms with E-state index >= 15 is 0 Å². The summed E-state index contributed by atoms with van der Waals surface area (Å²) in [5, 5.41) is 3.44. The van der Waals surface area contributed by atoms with Gasteiger partial charge in [-0.15, -0.1) is 11.8 Å². The molecule has 0 aliphatic carbocycles. The van der Waals surface area contributed by atoms with Gasteiger partial charge in [0.15, 0.2) is 6.61 Å². The minimum absolute atomic E-state index is 0.232. The second kappa shape index (κ2) is 11.2. The van der Waals surface area contributed by atoms with Crippen molar-refractivity contribution in [3.8, 4) is 0 Å². The van der Waals surface area contributed by atoms with Crippen LogP contribution in [0.15, 0.2) is 53.4 Å². The standard InChI is InChI=1S/C22H24ClNO4S/c23-17-9-7-16(8-10-17)11-12-24-21(25)14-28-22(26)19-5-1-2-6-20(19)29-15-18-4-3-13-27-18/h1-2,5-10,18H,3-4,11-15H2,(H,24,25). The molecule has 1 amide bonds. The summed E-state index contributed by atoms with van der Waals surface area (Å²) in [5.41, 5.74) is 1.55. The van der Waals surface area contributed by atoms with E-state index in [2.05, 4.69) is 5.32 Å². The van der Waals surface area contributed by atoms with E-state index in [1.54, 1.807) is 23.9 Å². The van der Waals surface area contributed by atoms with Crippen molar-refractivity contribution in [2.24, 2.45) is 0 Å². The van der Waals surface area contributed by atoms with Gasteiger partial charge >= 0.3 is 5.97 Å². The normalized spacial score (nSPS) is 15.8. The van der Waals surface area contributed by atoms with E-state index in [9.17, 15) is 9.59 Å². The molecule has 1 fully saturated rings. The van der Waals surface area contributed by atoms with Gasteiger partial charge in [0.2, 0.25) is 0 Å². The predicted octanol–water partition coefficient (Wildman–Crippen LogP) is 4.13. The van der Waals surface area contributed by atoms with Gasteiger partial charge in [-0.1, -0.05) is 35.9 Å². The molecule has 0 bridgehead atoms. The van der Waals surface area contributed by atoms with Crippen LogP contribution in [0.1, 0.15) is 28.8 Å². The van der Waals surface area contributed by atoms with E-state index in [4.69, 9.17) is 21.1 Å². The van der Waals surface area contributed by atoms with Crippen LogP contribution in [0, 0.1) is 0 Å². The number of hydrogen-bond donors (Lipinski definition) is 1. The molecule has 1 saturated heterocycles. The zero-order valence-corrected chi connectivity index (χ0v) is 17.6. The van der Waals surface area contributed by atoms with Gasteiger partial charge < -0.3 is 14.8 Å². The van der Waals surface area contributed by atoms with Crippen LogP contribution in [0.4, 0.5) is 0 Å². The number of halogens is 1. The number of esters is 1. The molecule has 2 aromatic rings. The summed E-state index contributed by atoms with van der Waals surface area (Å²) < 4.78 is 10.8. The average molecular weight is 434 g/mol. The lowest BCUT2D eigenvalue weighted by Crippen LogP contribution is -2.30. The van der Waals surface area contributed by atoms with Gasteiger partial charge in [-0.2, -0.15) is 0 Å². The third kappa shape index (κ3) is 7.07. The van der Waals surface area contributed by atoms with Crippen molar-refractivity contribution in [2.75, 3.05) is 25.5 Å². The van der Waals surface area contributed by atoms with Gasteiger partial charge in [-0.25, -0.2) is 4.79 Å². The highest BCUT2D eigenvalue weighted by Crippen LogP contribution is 2.27. The average Bonchev–Trinajstić information content (AvgIpc) is 3.26. The lowest BCUT2D eigenvalue weighted by molar-refractivity contribution is -0.124. The zero-order chi connectivity index (χ0) is 20.5. The van der Waals surface area contributed by atoms with Crippen molar-refractivity contribution >= 4 is 35.2 Å². The summed E-state index contributed by atoms with van der Waals surface area (Å²) in [6.07, 6.45) is 3.05. The molecule has 0 radical (unpaired) electrons. The molecule has 29 heavy (non-hydrogen) atoms. The maximum Gasteiger partial charge on any atom is 0.339 e. The minimum Gasteiger partial charge on any atom is -0.452 e. The Balaban J connectivity index is 1.42.